The second-order valence-corrected chi connectivity index (χ2v) is 2.65. The lowest BCUT2D eigenvalue weighted by Crippen LogP contribution is -2.42. The van der Waals surface area contributed by atoms with Crippen LogP contribution in [0.4, 0.5) is 21.7 Å². The van der Waals surface area contributed by atoms with Gasteiger partial charge in [0.15, 0.2) is 0 Å². The number of halogens is 5. The third kappa shape index (κ3) is 1.41. The van der Waals surface area contributed by atoms with E-state index in [9.17, 15) is 21.7 Å². The van der Waals surface area contributed by atoms with Crippen molar-refractivity contribution in [1.29, 1.82) is 0 Å². The van der Waals surface area contributed by atoms with Gasteiger partial charge in [-0.05, 0) is 12.8 Å². The van der Waals surface area contributed by atoms with Crippen LogP contribution in [0.15, 0.2) is 0 Å². The lowest BCUT2D eigenvalue weighted by atomic mass is 9.59. The third-order valence-corrected chi connectivity index (χ3v) is 1.66. The summed E-state index contributed by atoms with van der Waals surface area (Å²) in [5, 5.41) is 0. The van der Waals surface area contributed by atoms with E-state index >= 15 is 0 Å². The standard InChI is InChI=1S/C4H5BF5/c6-4(7)1-3(2-4)5(8,9)10/h3H,1-2H2/q-1. The van der Waals surface area contributed by atoms with Gasteiger partial charge in [-0.25, -0.2) is 8.78 Å². The van der Waals surface area contributed by atoms with Crippen molar-refractivity contribution in [3.8, 4) is 0 Å². The molecule has 0 heterocycles. The predicted molar refractivity (Wildman–Crippen MR) is 27.0 cm³/mol. The van der Waals surface area contributed by atoms with Gasteiger partial charge in [0.05, 0.1) is 0 Å². The van der Waals surface area contributed by atoms with E-state index in [4.69, 9.17) is 0 Å². The van der Waals surface area contributed by atoms with E-state index in [1.54, 1.807) is 0 Å². The zero-order valence-corrected chi connectivity index (χ0v) is 4.96. The molecule has 1 aliphatic carbocycles. The molecule has 0 aliphatic heterocycles. The van der Waals surface area contributed by atoms with E-state index in [-0.39, 0.29) is 0 Å². The molecule has 1 saturated carbocycles. The van der Waals surface area contributed by atoms with Crippen LogP contribution in [-0.4, -0.2) is 12.9 Å². The molecule has 0 saturated heterocycles. The van der Waals surface area contributed by atoms with Crippen LogP contribution in [-0.2, 0) is 0 Å². The topological polar surface area (TPSA) is 0 Å². The maximum Gasteiger partial charge on any atom is 0.481 e. The molecule has 0 radical (unpaired) electrons. The van der Waals surface area contributed by atoms with Crippen molar-refractivity contribution in [3.63, 3.8) is 0 Å². The summed E-state index contributed by atoms with van der Waals surface area (Å²) in [6.07, 6.45) is -2.01. The number of hydrogen-bond acceptors (Lipinski definition) is 0. The zero-order valence-electron chi connectivity index (χ0n) is 4.96. The predicted octanol–water partition coefficient (Wildman–Crippen LogP) is 2.63. The van der Waals surface area contributed by atoms with Crippen LogP contribution < -0.4 is 0 Å². The summed E-state index contributed by atoms with van der Waals surface area (Å²) in [5.41, 5.74) is 0. The molecule has 0 aromatic rings. The molecule has 0 aromatic heterocycles. The first kappa shape index (κ1) is 7.82. The first-order chi connectivity index (χ1) is 4.31. The van der Waals surface area contributed by atoms with Crippen molar-refractivity contribution in [3.05, 3.63) is 0 Å². The summed E-state index contributed by atoms with van der Waals surface area (Å²) in [6.45, 7) is -5.02. The summed E-state index contributed by atoms with van der Waals surface area (Å²) in [5.74, 6) is -4.77. The Kier molecular flexibility index (Phi) is 1.45. The highest BCUT2D eigenvalue weighted by Gasteiger charge is 2.53. The second kappa shape index (κ2) is 1.86. The molecule has 0 bridgehead atoms. The first-order valence-corrected chi connectivity index (χ1v) is 2.89. The Morgan fingerprint density at radius 1 is 1.10 bits per heavy atom. The van der Waals surface area contributed by atoms with E-state index in [1.807, 2.05) is 0 Å². The summed E-state index contributed by atoms with van der Waals surface area (Å²) >= 11 is 0. The van der Waals surface area contributed by atoms with Gasteiger partial charge in [0.25, 0.3) is 0 Å². The average Bonchev–Trinajstić information content (AvgIpc) is 1.56. The van der Waals surface area contributed by atoms with Crippen LogP contribution in [0.25, 0.3) is 0 Å². The fourth-order valence-corrected chi connectivity index (χ4v) is 0.975. The van der Waals surface area contributed by atoms with Gasteiger partial charge < -0.3 is 12.9 Å². The maximum absolute atomic E-state index is 11.8. The van der Waals surface area contributed by atoms with Crippen LogP contribution in [0.5, 0.6) is 0 Å². The van der Waals surface area contributed by atoms with Gasteiger partial charge in [-0.15, -0.1) is 0 Å². The molecular formula is C4H5BF5-. The maximum atomic E-state index is 11.8. The van der Waals surface area contributed by atoms with Crippen LogP contribution in [0.3, 0.4) is 0 Å². The molecule has 0 amide bonds. The SMILES string of the molecule is F[B-](F)(F)C1CC(F)(F)C1. The van der Waals surface area contributed by atoms with Crippen molar-refractivity contribution < 1.29 is 21.7 Å². The third-order valence-electron chi connectivity index (χ3n) is 1.66. The molecule has 10 heavy (non-hydrogen) atoms. The zero-order chi connectivity index (χ0) is 7.99. The molecule has 0 aromatic carbocycles. The van der Waals surface area contributed by atoms with Crippen LogP contribution in [0.1, 0.15) is 12.8 Å². The van der Waals surface area contributed by atoms with Crippen molar-refractivity contribution >= 4 is 6.98 Å². The van der Waals surface area contributed by atoms with Gasteiger partial charge in [-0.2, -0.15) is 0 Å². The summed E-state index contributed by atoms with van der Waals surface area (Å²) in [6, 6.07) is 0. The van der Waals surface area contributed by atoms with Crippen molar-refractivity contribution in [2.75, 3.05) is 0 Å². The Bertz CT molecular complexity index is 131. The lowest BCUT2D eigenvalue weighted by molar-refractivity contribution is -0.0786. The molecular weight excluding hydrogens is 154 g/mol. The van der Waals surface area contributed by atoms with Gasteiger partial charge in [0, 0.05) is 0 Å². The molecule has 0 atom stereocenters. The van der Waals surface area contributed by atoms with Gasteiger partial charge in [-0.3, -0.25) is 0 Å². The second-order valence-electron chi connectivity index (χ2n) is 2.65. The van der Waals surface area contributed by atoms with Gasteiger partial charge in [0.1, 0.15) is 0 Å². The van der Waals surface area contributed by atoms with Crippen molar-refractivity contribution in [2.45, 2.75) is 24.6 Å². The fourth-order valence-electron chi connectivity index (χ4n) is 0.975. The molecule has 60 valence electrons. The van der Waals surface area contributed by atoms with Gasteiger partial charge in [-0.1, -0.05) is 5.82 Å². The monoisotopic (exact) mass is 159 g/mol. The van der Waals surface area contributed by atoms with Crippen molar-refractivity contribution in [1.82, 2.24) is 0 Å². The smallest absolute Gasteiger partial charge is 0.449 e. The largest absolute Gasteiger partial charge is 0.481 e. The molecule has 6 heteroatoms. The number of hydrogen-bond donors (Lipinski definition) is 0. The number of rotatable bonds is 1. The Balaban J connectivity index is 2.40. The lowest BCUT2D eigenvalue weighted by Gasteiger charge is -2.40. The Morgan fingerprint density at radius 2 is 1.50 bits per heavy atom. The molecule has 0 spiro atoms. The van der Waals surface area contributed by atoms with Crippen LogP contribution in [0, 0.1) is 0 Å². The minimum Gasteiger partial charge on any atom is -0.449 e. The van der Waals surface area contributed by atoms with E-state index < -0.39 is 31.6 Å². The fraction of sp³-hybridized carbons (Fsp3) is 1.00. The average molecular weight is 159 g/mol. The molecule has 1 fully saturated rings. The van der Waals surface area contributed by atoms with Crippen LogP contribution >= 0.6 is 0 Å². The highest BCUT2D eigenvalue weighted by atomic mass is 19.4. The van der Waals surface area contributed by atoms with E-state index in [0.717, 1.165) is 0 Å². The Hall–Kier alpha value is -0.285. The minimum atomic E-state index is -5.02. The van der Waals surface area contributed by atoms with E-state index in [1.165, 1.54) is 0 Å². The summed E-state index contributed by atoms with van der Waals surface area (Å²) < 4.78 is 58.4. The molecule has 0 nitrogen and oxygen atoms in total. The minimum absolute atomic E-state index is 1.00. The summed E-state index contributed by atoms with van der Waals surface area (Å²) in [7, 11) is 0. The highest BCUT2D eigenvalue weighted by molar-refractivity contribution is 6.60. The first-order valence-electron chi connectivity index (χ1n) is 2.89. The summed E-state index contributed by atoms with van der Waals surface area (Å²) in [4.78, 5) is 0. The van der Waals surface area contributed by atoms with Gasteiger partial charge >= 0.3 is 6.98 Å². The van der Waals surface area contributed by atoms with Crippen LogP contribution in [0.2, 0.25) is 5.82 Å². The van der Waals surface area contributed by atoms with Gasteiger partial charge in [0.2, 0.25) is 5.92 Å². The molecule has 1 rings (SSSR count). The Labute approximate surface area is 54.5 Å². The highest BCUT2D eigenvalue weighted by Crippen LogP contribution is 2.52. The Morgan fingerprint density at radius 3 is 1.60 bits per heavy atom. The van der Waals surface area contributed by atoms with E-state index in [2.05, 4.69) is 0 Å². The molecule has 0 unspecified atom stereocenters. The van der Waals surface area contributed by atoms with Crippen molar-refractivity contribution in [2.24, 2.45) is 0 Å². The van der Waals surface area contributed by atoms with E-state index in [0.29, 0.717) is 0 Å². The number of alkyl halides is 2. The molecule has 0 N–H and O–H groups in total. The normalized spacial score (nSPS) is 26.1. The quantitative estimate of drug-likeness (QED) is 0.407. The molecule has 1 aliphatic rings.